The van der Waals surface area contributed by atoms with Gasteiger partial charge in [0.1, 0.15) is 13.2 Å². The Morgan fingerprint density at radius 1 is 1.13 bits per heavy atom. The van der Waals surface area contributed by atoms with Crippen molar-refractivity contribution >= 4 is 11.6 Å². The molecule has 6 nitrogen and oxygen atoms in total. The summed E-state index contributed by atoms with van der Waals surface area (Å²) < 4.78 is 16.7. The molecule has 160 valence electrons. The molecule has 4 rings (SSSR count). The lowest BCUT2D eigenvalue weighted by molar-refractivity contribution is 0.102. The van der Waals surface area contributed by atoms with Gasteiger partial charge in [0.15, 0.2) is 11.5 Å². The first-order chi connectivity index (χ1) is 14.7. The van der Waals surface area contributed by atoms with Gasteiger partial charge in [-0.2, -0.15) is 0 Å². The van der Waals surface area contributed by atoms with Gasteiger partial charge >= 0.3 is 0 Å². The third-order valence-corrected chi connectivity index (χ3v) is 5.97. The summed E-state index contributed by atoms with van der Waals surface area (Å²) in [6.45, 7) is 1.74. The number of carbonyl (C=O) groups excluding carboxylic acids is 1. The number of hydrogen-bond donors (Lipinski definition) is 1. The molecule has 6 heteroatoms. The molecular formula is C24H30N2O4. The zero-order valence-electron chi connectivity index (χ0n) is 17.8. The first-order valence-corrected chi connectivity index (χ1v) is 10.7. The van der Waals surface area contributed by atoms with Crippen molar-refractivity contribution in [3.05, 3.63) is 47.5 Å². The SMILES string of the molecule is COc1cc(C(=O)Nc2ccccc2CN(C)C2CCCCC2)cc2c1OCCO2. The molecule has 1 aliphatic carbocycles. The van der Waals surface area contributed by atoms with Gasteiger partial charge in [-0.25, -0.2) is 0 Å². The van der Waals surface area contributed by atoms with Crippen molar-refractivity contribution in [2.24, 2.45) is 0 Å². The number of rotatable bonds is 6. The van der Waals surface area contributed by atoms with E-state index in [1.807, 2.05) is 18.2 Å². The number of amides is 1. The highest BCUT2D eigenvalue weighted by Crippen LogP contribution is 2.40. The molecule has 2 aromatic carbocycles. The second kappa shape index (κ2) is 9.39. The molecule has 0 spiro atoms. The largest absolute Gasteiger partial charge is 0.493 e. The second-order valence-electron chi connectivity index (χ2n) is 8.02. The lowest BCUT2D eigenvalue weighted by Gasteiger charge is -2.31. The summed E-state index contributed by atoms with van der Waals surface area (Å²) in [4.78, 5) is 15.4. The van der Waals surface area contributed by atoms with Crippen molar-refractivity contribution in [3.63, 3.8) is 0 Å². The molecule has 1 fully saturated rings. The Morgan fingerprint density at radius 3 is 2.70 bits per heavy atom. The van der Waals surface area contributed by atoms with Gasteiger partial charge < -0.3 is 19.5 Å². The standard InChI is InChI=1S/C24H30N2O4/c1-26(19-9-4-3-5-10-19)16-17-8-6-7-11-20(17)25-24(27)18-14-21(28-2)23-22(15-18)29-12-13-30-23/h6-8,11,14-15,19H,3-5,9-10,12-13,16H2,1-2H3,(H,25,27). The second-order valence-corrected chi connectivity index (χ2v) is 8.02. The number of ether oxygens (including phenoxy) is 3. The number of anilines is 1. The Labute approximate surface area is 178 Å². The highest BCUT2D eigenvalue weighted by molar-refractivity contribution is 6.05. The van der Waals surface area contributed by atoms with Crippen LogP contribution in [0.5, 0.6) is 17.2 Å². The average Bonchev–Trinajstić information content (AvgIpc) is 2.80. The topological polar surface area (TPSA) is 60.0 Å². The number of fused-ring (bicyclic) bond motifs is 1. The maximum absolute atomic E-state index is 13.0. The maximum Gasteiger partial charge on any atom is 0.255 e. The summed E-state index contributed by atoms with van der Waals surface area (Å²) in [5, 5.41) is 3.08. The van der Waals surface area contributed by atoms with Crippen LogP contribution in [0.2, 0.25) is 0 Å². The van der Waals surface area contributed by atoms with Gasteiger partial charge in [0, 0.05) is 23.8 Å². The first-order valence-electron chi connectivity index (χ1n) is 10.7. The van der Waals surface area contributed by atoms with E-state index in [0.29, 0.717) is 42.1 Å². The van der Waals surface area contributed by atoms with Crippen LogP contribution in [-0.2, 0) is 6.54 Å². The van der Waals surface area contributed by atoms with E-state index in [4.69, 9.17) is 14.2 Å². The smallest absolute Gasteiger partial charge is 0.255 e. The van der Waals surface area contributed by atoms with Crippen molar-refractivity contribution in [2.45, 2.75) is 44.7 Å². The van der Waals surface area contributed by atoms with E-state index in [9.17, 15) is 4.79 Å². The molecule has 0 bridgehead atoms. The van der Waals surface area contributed by atoms with Gasteiger partial charge in [-0.15, -0.1) is 0 Å². The first kappa shape index (κ1) is 20.5. The van der Waals surface area contributed by atoms with Crippen LogP contribution in [0.25, 0.3) is 0 Å². The fraction of sp³-hybridized carbons (Fsp3) is 0.458. The van der Waals surface area contributed by atoms with E-state index in [2.05, 4.69) is 23.3 Å². The Hall–Kier alpha value is -2.73. The Kier molecular flexibility index (Phi) is 6.43. The van der Waals surface area contributed by atoms with Gasteiger partial charge in [-0.05, 0) is 43.7 Å². The van der Waals surface area contributed by atoms with E-state index in [-0.39, 0.29) is 5.91 Å². The zero-order chi connectivity index (χ0) is 20.9. The molecule has 1 aliphatic heterocycles. The lowest BCUT2D eigenvalue weighted by atomic mass is 9.94. The number of hydrogen-bond acceptors (Lipinski definition) is 5. The predicted molar refractivity (Wildman–Crippen MR) is 117 cm³/mol. The molecule has 0 unspecified atom stereocenters. The number of carbonyl (C=O) groups is 1. The summed E-state index contributed by atoms with van der Waals surface area (Å²) in [7, 11) is 3.74. The van der Waals surface area contributed by atoms with Crippen molar-refractivity contribution in [1.29, 1.82) is 0 Å². The number of methoxy groups -OCH3 is 1. The van der Waals surface area contributed by atoms with E-state index in [1.165, 1.54) is 32.1 Å². The van der Waals surface area contributed by atoms with E-state index in [0.717, 1.165) is 17.8 Å². The molecule has 1 amide bonds. The number of benzene rings is 2. The van der Waals surface area contributed by atoms with E-state index < -0.39 is 0 Å². The molecule has 0 saturated heterocycles. The van der Waals surface area contributed by atoms with Crippen LogP contribution < -0.4 is 19.5 Å². The molecule has 1 heterocycles. The Balaban J connectivity index is 1.51. The summed E-state index contributed by atoms with van der Waals surface area (Å²) in [6, 6.07) is 12.0. The number of nitrogens with zero attached hydrogens (tertiary/aromatic N) is 1. The molecule has 1 saturated carbocycles. The van der Waals surface area contributed by atoms with Gasteiger partial charge in [0.25, 0.3) is 5.91 Å². The summed E-state index contributed by atoms with van der Waals surface area (Å²) in [6.07, 6.45) is 6.46. The minimum Gasteiger partial charge on any atom is -0.493 e. The van der Waals surface area contributed by atoms with Crippen molar-refractivity contribution in [2.75, 3.05) is 32.7 Å². The Bertz CT molecular complexity index is 876. The maximum atomic E-state index is 13.0. The van der Waals surface area contributed by atoms with Crippen LogP contribution in [0, 0.1) is 0 Å². The molecule has 2 aliphatic rings. The van der Waals surface area contributed by atoms with Crippen LogP contribution in [0.15, 0.2) is 36.4 Å². The fourth-order valence-electron chi connectivity index (χ4n) is 4.30. The van der Waals surface area contributed by atoms with E-state index in [1.54, 1.807) is 19.2 Å². The third-order valence-electron chi connectivity index (χ3n) is 5.97. The van der Waals surface area contributed by atoms with Gasteiger partial charge in [0.2, 0.25) is 5.75 Å². The normalized spacial score (nSPS) is 16.4. The lowest BCUT2D eigenvalue weighted by Crippen LogP contribution is -2.33. The highest BCUT2D eigenvalue weighted by atomic mass is 16.6. The number of para-hydroxylation sites is 1. The minimum absolute atomic E-state index is 0.196. The molecule has 0 aromatic heterocycles. The Morgan fingerprint density at radius 2 is 1.90 bits per heavy atom. The zero-order valence-corrected chi connectivity index (χ0v) is 17.8. The predicted octanol–water partition coefficient (Wildman–Crippen LogP) is 4.48. The van der Waals surface area contributed by atoms with Crippen LogP contribution in [0.3, 0.4) is 0 Å². The van der Waals surface area contributed by atoms with Gasteiger partial charge in [-0.3, -0.25) is 9.69 Å². The molecule has 0 radical (unpaired) electrons. The molecular weight excluding hydrogens is 380 g/mol. The van der Waals surface area contributed by atoms with E-state index >= 15 is 0 Å². The van der Waals surface area contributed by atoms with Crippen molar-refractivity contribution in [3.8, 4) is 17.2 Å². The van der Waals surface area contributed by atoms with Crippen LogP contribution in [0.1, 0.15) is 48.0 Å². The summed E-state index contributed by atoms with van der Waals surface area (Å²) >= 11 is 0. The summed E-state index contributed by atoms with van der Waals surface area (Å²) in [5.74, 6) is 1.39. The van der Waals surface area contributed by atoms with Crippen molar-refractivity contribution < 1.29 is 19.0 Å². The third kappa shape index (κ3) is 4.54. The quantitative estimate of drug-likeness (QED) is 0.761. The molecule has 30 heavy (non-hydrogen) atoms. The van der Waals surface area contributed by atoms with Crippen LogP contribution in [0.4, 0.5) is 5.69 Å². The molecule has 1 N–H and O–H groups in total. The van der Waals surface area contributed by atoms with Crippen LogP contribution >= 0.6 is 0 Å². The monoisotopic (exact) mass is 410 g/mol. The van der Waals surface area contributed by atoms with Gasteiger partial charge in [0.05, 0.1) is 7.11 Å². The van der Waals surface area contributed by atoms with Crippen LogP contribution in [-0.4, -0.2) is 44.2 Å². The average molecular weight is 411 g/mol. The highest BCUT2D eigenvalue weighted by Gasteiger charge is 2.22. The van der Waals surface area contributed by atoms with Crippen molar-refractivity contribution in [1.82, 2.24) is 4.90 Å². The van der Waals surface area contributed by atoms with Gasteiger partial charge in [-0.1, -0.05) is 37.5 Å². The molecule has 0 atom stereocenters. The molecule has 2 aromatic rings. The minimum atomic E-state index is -0.196. The fourth-order valence-corrected chi connectivity index (χ4v) is 4.30. The number of nitrogens with one attached hydrogen (secondary N) is 1. The summed E-state index contributed by atoms with van der Waals surface area (Å²) in [5.41, 5.74) is 2.42.